The summed E-state index contributed by atoms with van der Waals surface area (Å²) in [5.41, 5.74) is 1.08. The fourth-order valence-corrected chi connectivity index (χ4v) is 3.28. The van der Waals surface area contributed by atoms with Crippen LogP contribution in [0.2, 0.25) is 5.02 Å². The van der Waals surface area contributed by atoms with E-state index in [1.54, 1.807) is 0 Å². The summed E-state index contributed by atoms with van der Waals surface area (Å²) in [6.45, 7) is 2.25. The summed E-state index contributed by atoms with van der Waals surface area (Å²) in [5.74, 6) is 0.777. The molecule has 0 radical (unpaired) electrons. The number of nitrogens with one attached hydrogen (secondary N) is 1. The molecular weight excluding hydrogens is 330 g/mol. The first-order valence-electron chi connectivity index (χ1n) is 7.94. The van der Waals surface area contributed by atoms with Gasteiger partial charge in [-0.05, 0) is 55.0 Å². The van der Waals surface area contributed by atoms with E-state index in [1.807, 2.05) is 36.4 Å². The predicted octanol–water partition coefficient (Wildman–Crippen LogP) is 4.62. The van der Waals surface area contributed by atoms with Crippen molar-refractivity contribution in [1.29, 1.82) is 0 Å². The second kappa shape index (κ2) is 7.95. The number of rotatable bonds is 8. The van der Waals surface area contributed by atoms with Crippen molar-refractivity contribution in [2.75, 3.05) is 19.8 Å². The second-order valence-electron chi connectivity index (χ2n) is 5.80. The van der Waals surface area contributed by atoms with Gasteiger partial charge in [-0.3, -0.25) is 4.79 Å². The zero-order valence-corrected chi connectivity index (χ0v) is 14.5. The van der Waals surface area contributed by atoms with Crippen LogP contribution in [-0.4, -0.2) is 25.7 Å². The van der Waals surface area contributed by atoms with Crippen LogP contribution >= 0.6 is 22.9 Å². The van der Waals surface area contributed by atoms with Crippen LogP contribution in [0, 0.1) is 5.92 Å². The van der Waals surface area contributed by atoms with Gasteiger partial charge in [0.1, 0.15) is 0 Å². The van der Waals surface area contributed by atoms with Crippen molar-refractivity contribution in [1.82, 2.24) is 5.32 Å². The standard InChI is InChI=1S/C18H20ClNO2S/c19-15-6-4-14(5-7-15)16-8-9-17(23-16)18(21)20-10-1-11-22-12-13-2-3-13/h4-9,13H,1-3,10-12H2,(H,20,21). The number of hydrogen-bond acceptors (Lipinski definition) is 3. The van der Waals surface area contributed by atoms with E-state index >= 15 is 0 Å². The molecule has 3 rings (SSSR count). The maximum Gasteiger partial charge on any atom is 0.261 e. The molecule has 1 saturated carbocycles. The third-order valence-electron chi connectivity index (χ3n) is 3.76. The summed E-state index contributed by atoms with van der Waals surface area (Å²) >= 11 is 7.39. The maximum atomic E-state index is 12.1. The largest absolute Gasteiger partial charge is 0.381 e. The van der Waals surface area contributed by atoms with Gasteiger partial charge in [0.25, 0.3) is 5.91 Å². The van der Waals surface area contributed by atoms with Crippen molar-refractivity contribution >= 4 is 28.8 Å². The van der Waals surface area contributed by atoms with E-state index in [9.17, 15) is 4.79 Å². The average Bonchev–Trinajstić information content (AvgIpc) is 3.25. The Morgan fingerprint density at radius 3 is 2.74 bits per heavy atom. The lowest BCUT2D eigenvalue weighted by Crippen LogP contribution is -2.24. The van der Waals surface area contributed by atoms with E-state index in [0.717, 1.165) is 40.9 Å². The molecule has 1 N–H and O–H groups in total. The lowest BCUT2D eigenvalue weighted by atomic mass is 10.2. The fourth-order valence-electron chi connectivity index (χ4n) is 2.23. The molecule has 0 aliphatic heterocycles. The minimum absolute atomic E-state index is 0.0163. The molecule has 0 unspecified atom stereocenters. The van der Waals surface area contributed by atoms with Gasteiger partial charge in [-0.15, -0.1) is 11.3 Å². The van der Waals surface area contributed by atoms with E-state index < -0.39 is 0 Å². The minimum atomic E-state index is -0.0163. The highest BCUT2D eigenvalue weighted by Crippen LogP contribution is 2.29. The molecule has 1 heterocycles. The van der Waals surface area contributed by atoms with Crippen molar-refractivity contribution < 1.29 is 9.53 Å². The van der Waals surface area contributed by atoms with Gasteiger partial charge in [0.15, 0.2) is 0 Å². The van der Waals surface area contributed by atoms with Crippen molar-refractivity contribution in [2.45, 2.75) is 19.3 Å². The topological polar surface area (TPSA) is 38.3 Å². The van der Waals surface area contributed by atoms with E-state index in [2.05, 4.69) is 5.32 Å². The fraction of sp³-hybridized carbons (Fsp3) is 0.389. The summed E-state index contributed by atoms with van der Waals surface area (Å²) in [5, 5.41) is 3.66. The number of halogens is 1. The monoisotopic (exact) mass is 349 g/mol. The molecule has 23 heavy (non-hydrogen) atoms. The van der Waals surface area contributed by atoms with Crippen LogP contribution in [0.15, 0.2) is 36.4 Å². The Balaban J connectivity index is 1.43. The summed E-state index contributed by atoms with van der Waals surface area (Å²) in [7, 11) is 0. The SMILES string of the molecule is O=C(NCCCOCC1CC1)c1ccc(-c2ccc(Cl)cc2)s1. The van der Waals surface area contributed by atoms with Crippen molar-refractivity contribution in [3.8, 4) is 10.4 Å². The summed E-state index contributed by atoms with van der Waals surface area (Å²) in [4.78, 5) is 13.9. The molecule has 0 atom stereocenters. The lowest BCUT2D eigenvalue weighted by Gasteiger charge is -2.04. The van der Waals surface area contributed by atoms with Gasteiger partial charge in [0.2, 0.25) is 0 Å². The normalized spacial score (nSPS) is 14.0. The van der Waals surface area contributed by atoms with Crippen LogP contribution in [0.4, 0.5) is 0 Å². The van der Waals surface area contributed by atoms with Gasteiger partial charge in [0.05, 0.1) is 4.88 Å². The van der Waals surface area contributed by atoms with Gasteiger partial charge in [0, 0.05) is 29.7 Å². The van der Waals surface area contributed by atoms with Crippen molar-refractivity contribution in [3.05, 3.63) is 46.3 Å². The van der Waals surface area contributed by atoms with Gasteiger partial charge in [-0.1, -0.05) is 23.7 Å². The highest BCUT2D eigenvalue weighted by atomic mass is 35.5. The maximum absolute atomic E-state index is 12.1. The van der Waals surface area contributed by atoms with Gasteiger partial charge in [-0.25, -0.2) is 0 Å². The van der Waals surface area contributed by atoms with Crippen LogP contribution < -0.4 is 5.32 Å². The molecule has 1 aliphatic rings. The Morgan fingerprint density at radius 2 is 2.00 bits per heavy atom. The number of carbonyl (C=O) groups excluding carboxylic acids is 1. The smallest absolute Gasteiger partial charge is 0.261 e. The molecule has 5 heteroatoms. The third kappa shape index (κ3) is 5.06. The van der Waals surface area contributed by atoms with Crippen molar-refractivity contribution in [2.24, 2.45) is 5.92 Å². The minimum Gasteiger partial charge on any atom is -0.381 e. The van der Waals surface area contributed by atoms with E-state index in [-0.39, 0.29) is 5.91 Å². The van der Waals surface area contributed by atoms with Crippen LogP contribution in [0.3, 0.4) is 0 Å². The van der Waals surface area contributed by atoms with Crippen molar-refractivity contribution in [3.63, 3.8) is 0 Å². The molecule has 1 amide bonds. The predicted molar refractivity (Wildman–Crippen MR) is 95.3 cm³/mol. The first-order chi connectivity index (χ1) is 11.2. The Bertz CT molecular complexity index is 649. The number of benzene rings is 1. The van der Waals surface area contributed by atoms with Gasteiger partial charge >= 0.3 is 0 Å². The molecule has 1 aromatic carbocycles. The Hall–Kier alpha value is -1.36. The first-order valence-corrected chi connectivity index (χ1v) is 9.13. The van der Waals surface area contributed by atoms with E-state index in [0.29, 0.717) is 11.6 Å². The zero-order valence-electron chi connectivity index (χ0n) is 12.9. The summed E-state index contributed by atoms with van der Waals surface area (Å²) in [6, 6.07) is 11.5. The molecule has 0 saturated heterocycles. The third-order valence-corrected chi connectivity index (χ3v) is 5.15. The molecule has 3 nitrogen and oxygen atoms in total. The Labute approximate surface area is 145 Å². The van der Waals surface area contributed by atoms with Crippen LogP contribution in [-0.2, 0) is 4.74 Å². The lowest BCUT2D eigenvalue weighted by molar-refractivity contribution is 0.0941. The molecule has 1 fully saturated rings. The molecule has 2 aromatic rings. The highest BCUT2D eigenvalue weighted by Gasteiger charge is 2.20. The zero-order chi connectivity index (χ0) is 16.1. The van der Waals surface area contributed by atoms with Gasteiger partial charge < -0.3 is 10.1 Å². The number of carbonyl (C=O) groups is 1. The Kier molecular flexibility index (Phi) is 5.70. The number of thiophene rings is 1. The van der Waals surface area contributed by atoms with E-state index in [4.69, 9.17) is 16.3 Å². The first kappa shape index (κ1) is 16.5. The number of amides is 1. The number of ether oxygens (including phenoxy) is 1. The second-order valence-corrected chi connectivity index (χ2v) is 7.32. The molecule has 122 valence electrons. The Morgan fingerprint density at radius 1 is 1.22 bits per heavy atom. The highest BCUT2D eigenvalue weighted by molar-refractivity contribution is 7.17. The van der Waals surface area contributed by atoms with Crippen LogP contribution in [0.5, 0.6) is 0 Å². The van der Waals surface area contributed by atoms with E-state index in [1.165, 1.54) is 24.2 Å². The van der Waals surface area contributed by atoms with Gasteiger partial charge in [-0.2, -0.15) is 0 Å². The molecular formula is C18H20ClNO2S. The molecule has 0 bridgehead atoms. The quantitative estimate of drug-likeness (QED) is 0.706. The summed E-state index contributed by atoms with van der Waals surface area (Å²) < 4.78 is 5.56. The molecule has 0 spiro atoms. The molecule has 1 aromatic heterocycles. The molecule has 1 aliphatic carbocycles. The summed E-state index contributed by atoms with van der Waals surface area (Å²) in [6.07, 6.45) is 3.48. The van der Waals surface area contributed by atoms with Crippen LogP contribution in [0.1, 0.15) is 28.9 Å². The van der Waals surface area contributed by atoms with Crippen LogP contribution in [0.25, 0.3) is 10.4 Å². The average molecular weight is 350 g/mol. The number of hydrogen-bond donors (Lipinski definition) is 1.